The summed E-state index contributed by atoms with van der Waals surface area (Å²) in [6.45, 7) is 3.91. The van der Waals surface area contributed by atoms with Gasteiger partial charge < -0.3 is 14.8 Å². The van der Waals surface area contributed by atoms with Gasteiger partial charge in [0.05, 0.1) is 0 Å². The number of amides is 1. The van der Waals surface area contributed by atoms with Crippen LogP contribution in [0.2, 0.25) is 0 Å². The fourth-order valence-corrected chi connectivity index (χ4v) is 2.39. The molecule has 1 atom stereocenters. The third kappa shape index (κ3) is 3.62. The van der Waals surface area contributed by atoms with Crippen molar-refractivity contribution >= 4 is 11.6 Å². The monoisotopic (exact) mass is 312 g/mol. The zero-order chi connectivity index (χ0) is 16.3. The van der Waals surface area contributed by atoms with E-state index >= 15 is 0 Å². The Kier molecular flexibility index (Phi) is 4.19. The topological polar surface area (TPSA) is 60.5 Å². The van der Waals surface area contributed by atoms with Crippen molar-refractivity contribution < 1.29 is 14.3 Å². The number of aromatic nitrogens is 1. The van der Waals surface area contributed by atoms with Gasteiger partial charge >= 0.3 is 0 Å². The first-order valence-corrected chi connectivity index (χ1v) is 7.80. The lowest BCUT2D eigenvalue weighted by Gasteiger charge is -2.20. The Morgan fingerprint density at radius 3 is 2.78 bits per heavy atom. The number of nitrogens with zero attached hydrogens (tertiary/aromatic N) is 1. The fourth-order valence-electron chi connectivity index (χ4n) is 2.39. The van der Waals surface area contributed by atoms with Gasteiger partial charge in [0.25, 0.3) is 0 Å². The number of carbonyl (C=O) groups is 1. The molecule has 5 nitrogen and oxygen atoms in total. The molecule has 0 unspecified atom stereocenters. The summed E-state index contributed by atoms with van der Waals surface area (Å²) in [4.78, 5) is 16.3. The Bertz CT molecular complexity index is 703. The predicted octanol–water partition coefficient (Wildman–Crippen LogP) is 3.55. The molecule has 1 aromatic heterocycles. The third-order valence-corrected chi connectivity index (χ3v) is 3.86. The normalized spacial score (nSPS) is 18.7. The lowest BCUT2D eigenvalue weighted by Crippen LogP contribution is -2.33. The molecule has 0 aliphatic carbocycles. The Morgan fingerprint density at radius 2 is 2.04 bits per heavy atom. The molecule has 0 bridgehead atoms. The maximum Gasteiger partial charge on any atom is 0.248 e. The molecule has 2 aromatic rings. The molecule has 23 heavy (non-hydrogen) atoms. The molecule has 0 fully saturated rings. The summed E-state index contributed by atoms with van der Waals surface area (Å²) in [6.07, 6.45) is 3.48. The van der Waals surface area contributed by atoms with E-state index in [1.54, 1.807) is 12.3 Å². The number of nitrogens with one attached hydrogen (secondary N) is 1. The summed E-state index contributed by atoms with van der Waals surface area (Å²) in [5, 5.41) is 2.88. The van der Waals surface area contributed by atoms with Gasteiger partial charge in [0.15, 0.2) is 11.5 Å². The van der Waals surface area contributed by atoms with Gasteiger partial charge in [-0.3, -0.25) is 9.78 Å². The lowest BCUT2D eigenvalue weighted by molar-refractivity contribution is -0.116. The van der Waals surface area contributed by atoms with Crippen molar-refractivity contribution in [2.45, 2.75) is 38.9 Å². The molecule has 5 heteroatoms. The van der Waals surface area contributed by atoms with E-state index in [1.165, 1.54) is 0 Å². The molecule has 120 valence electrons. The van der Waals surface area contributed by atoms with Crippen LogP contribution in [0.25, 0.3) is 0 Å². The molecule has 0 radical (unpaired) electrons. The number of pyridine rings is 1. The minimum Gasteiger partial charge on any atom is -0.449 e. The van der Waals surface area contributed by atoms with Crippen molar-refractivity contribution in [1.29, 1.82) is 0 Å². The second-order valence-electron chi connectivity index (χ2n) is 5.72. The van der Waals surface area contributed by atoms with Crippen molar-refractivity contribution in [3.63, 3.8) is 0 Å². The van der Waals surface area contributed by atoms with E-state index in [4.69, 9.17) is 9.47 Å². The lowest BCUT2D eigenvalue weighted by atomic mass is 10.2. The predicted molar refractivity (Wildman–Crippen MR) is 87.6 cm³/mol. The van der Waals surface area contributed by atoms with E-state index < -0.39 is 5.79 Å². The van der Waals surface area contributed by atoms with E-state index in [0.29, 0.717) is 30.0 Å². The minimum absolute atomic E-state index is 0.0484. The van der Waals surface area contributed by atoms with Crippen LogP contribution < -0.4 is 14.8 Å². The van der Waals surface area contributed by atoms with Crippen molar-refractivity contribution in [1.82, 2.24) is 4.98 Å². The van der Waals surface area contributed by atoms with Crippen LogP contribution in [-0.2, 0) is 11.2 Å². The fraction of sp³-hybridized carbons (Fsp3) is 0.333. The highest BCUT2D eigenvalue weighted by atomic mass is 16.7. The van der Waals surface area contributed by atoms with Gasteiger partial charge in [-0.25, -0.2) is 0 Å². The molecule has 0 saturated carbocycles. The zero-order valence-corrected chi connectivity index (χ0v) is 13.3. The summed E-state index contributed by atoms with van der Waals surface area (Å²) >= 11 is 0. The second kappa shape index (κ2) is 6.28. The first kappa shape index (κ1) is 15.3. The standard InChI is InChI=1S/C18H20N2O3/c1-3-18(2)22-15-9-7-14(12-16(15)23-18)20-17(21)10-8-13-6-4-5-11-19-13/h4-7,9,11-12H,3,8,10H2,1-2H3,(H,20,21)/t18-/m0/s1. The maximum absolute atomic E-state index is 12.1. The number of anilines is 1. The molecule has 0 spiro atoms. The number of hydrogen-bond donors (Lipinski definition) is 1. The van der Waals surface area contributed by atoms with E-state index in [9.17, 15) is 4.79 Å². The van der Waals surface area contributed by atoms with E-state index in [1.807, 2.05) is 44.2 Å². The SMILES string of the molecule is CC[C@@]1(C)Oc2ccc(NC(=O)CCc3ccccn3)cc2O1. The molecule has 1 amide bonds. The molecule has 1 N–H and O–H groups in total. The van der Waals surface area contributed by atoms with Crippen molar-refractivity contribution in [3.05, 3.63) is 48.3 Å². The Morgan fingerprint density at radius 1 is 1.22 bits per heavy atom. The summed E-state index contributed by atoms with van der Waals surface area (Å²) in [7, 11) is 0. The molecular weight excluding hydrogens is 292 g/mol. The Balaban J connectivity index is 1.59. The van der Waals surface area contributed by atoms with Crippen LogP contribution in [0.1, 0.15) is 32.4 Å². The van der Waals surface area contributed by atoms with E-state index in [0.717, 1.165) is 12.1 Å². The van der Waals surface area contributed by atoms with Crippen LogP contribution in [0.15, 0.2) is 42.6 Å². The number of fused-ring (bicyclic) bond motifs is 1. The Labute approximate surface area is 135 Å². The van der Waals surface area contributed by atoms with Gasteiger partial charge in [0.1, 0.15) is 0 Å². The first-order valence-electron chi connectivity index (χ1n) is 7.80. The maximum atomic E-state index is 12.1. The summed E-state index contributed by atoms with van der Waals surface area (Å²) < 4.78 is 11.6. The van der Waals surface area contributed by atoms with Gasteiger partial charge in [-0.05, 0) is 30.7 Å². The van der Waals surface area contributed by atoms with Crippen molar-refractivity contribution in [3.8, 4) is 11.5 Å². The van der Waals surface area contributed by atoms with Crippen molar-refractivity contribution in [2.75, 3.05) is 5.32 Å². The number of ether oxygens (including phenoxy) is 2. The van der Waals surface area contributed by atoms with Crippen LogP contribution in [0.5, 0.6) is 11.5 Å². The number of hydrogen-bond acceptors (Lipinski definition) is 4. The van der Waals surface area contributed by atoms with E-state index in [2.05, 4.69) is 10.3 Å². The van der Waals surface area contributed by atoms with Crippen LogP contribution in [0.4, 0.5) is 5.69 Å². The van der Waals surface area contributed by atoms with Gasteiger partial charge in [0, 0.05) is 43.4 Å². The molecule has 2 heterocycles. The minimum atomic E-state index is -0.621. The number of rotatable bonds is 5. The summed E-state index contributed by atoms with van der Waals surface area (Å²) in [6, 6.07) is 11.1. The molecule has 1 aliphatic heterocycles. The summed E-state index contributed by atoms with van der Waals surface area (Å²) in [5.41, 5.74) is 1.62. The second-order valence-corrected chi connectivity index (χ2v) is 5.72. The van der Waals surface area contributed by atoms with Crippen LogP contribution >= 0.6 is 0 Å². The molecule has 1 aromatic carbocycles. The number of aryl methyl sites for hydroxylation is 1. The number of benzene rings is 1. The molecule has 3 rings (SSSR count). The zero-order valence-electron chi connectivity index (χ0n) is 13.3. The van der Waals surface area contributed by atoms with Crippen LogP contribution in [0.3, 0.4) is 0 Å². The quantitative estimate of drug-likeness (QED) is 0.917. The molecule has 0 saturated heterocycles. The largest absolute Gasteiger partial charge is 0.449 e. The Hall–Kier alpha value is -2.56. The average Bonchev–Trinajstić information content (AvgIpc) is 2.90. The van der Waals surface area contributed by atoms with Crippen LogP contribution in [-0.4, -0.2) is 16.7 Å². The number of carbonyl (C=O) groups excluding carboxylic acids is 1. The van der Waals surface area contributed by atoms with E-state index in [-0.39, 0.29) is 5.91 Å². The van der Waals surface area contributed by atoms with Crippen LogP contribution in [0, 0.1) is 0 Å². The molecular formula is C18H20N2O3. The highest BCUT2D eigenvalue weighted by Crippen LogP contribution is 2.42. The van der Waals surface area contributed by atoms with Gasteiger partial charge in [-0.15, -0.1) is 0 Å². The highest BCUT2D eigenvalue weighted by molar-refractivity contribution is 5.91. The van der Waals surface area contributed by atoms with Gasteiger partial charge in [0.2, 0.25) is 11.7 Å². The van der Waals surface area contributed by atoms with Gasteiger partial charge in [-0.1, -0.05) is 13.0 Å². The summed E-state index contributed by atoms with van der Waals surface area (Å²) in [5.74, 6) is 0.703. The average molecular weight is 312 g/mol. The van der Waals surface area contributed by atoms with Gasteiger partial charge in [-0.2, -0.15) is 0 Å². The molecule has 1 aliphatic rings. The third-order valence-electron chi connectivity index (χ3n) is 3.86. The highest BCUT2D eigenvalue weighted by Gasteiger charge is 2.34. The first-order chi connectivity index (χ1) is 11.1. The smallest absolute Gasteiger partial charge is 0.248 e. The van der Waals surface area contributed by atoms with Crippen molar-refractivity contribution in [2.24, 2.45) is 0 Å².